The Labute approximate surface area is 161 Å². The van der Waals surface area contributed by atoms with E-state index in [1.54, 1.807) is 13.1 Å². The van der Waals surface area contributed by atoms with Crippen LogP contribution in [0.4, 0.5) is 14.8 Å². The lowest BCUT2D eigenvalue weighted by Gasteiger charge is -2.37. The Morgan fingerprint density at radius 3 is 2.61 bits per heavy atom. The van der Waals surface area contributed by atoms with E-state index in [0.29, 0.717) is 43.4 Å². The molecule has 3 atom stereocenters. The molecule has 4 rings (SSSR count). The number of halogens is 2. The number of hydrogen-bond acceptors (Lipinski definition) is 6. The monoisotopic (exact) mass is 389 g/mol. The highest BCUT2D eigenvalue weighted by atomic mass is 19.1. The normalized spacial score (nSPS) is 24.8. The van der Waals surface area contributed by atoms with Gasteiger partial charge in [0.05, 0.1) is 6.04 Å². The summed E-state index contributed by atoms with van der Waals surface area (Å²) in [6, 6.07) is 3.31. The summed E-state index contributed by atoms with van der Waals surface area (Å²) >= 11 is 0. The lowest BCUT2D eigenvalue weighted by molar-refractivity contribution is -0.139. The fourth-order valence-electron chi connectivity index (χ4n) is 3.94. The van der Waals surface area contributed by atoms with E-state index in [1.807, 2.05) is 11.8 Å². The molecule has 1 aromatic heterocycles. The summed E-state index contributed by atoms with van der Waals surface area (Å²) in [6.07, 6.45) is 2.66. The predicted octanol–water partition coefficient (Wildman–Crippen LogP) is 3.08. The molecule has 0 spiro atoms. The third kappa shape index (κ3) is 3.48. The van der Waals surface area contributed by atoms with Gasteiger partial charge in [0.25, 0.3) is 0 Å². The van der Waals surface area contributed by atoms with Crippen LogP contribution in [-0.2, 0) is 4.79 Å². The van der Waals surface area contributed by atoms with Crippen LogP contribution in [0, 0.1) is 30.4 Å². The molecule has 0 unspecified atom stereocenters. The fourth-order valence-corrected chi connectivity index (χ4v) is 3.94. The topological polar surface area (TPSA) is 74.8 Å². The minimum Gasteiger partial charge on any atom is -0.408 e. The summed E-state index contributed by atoms with van der Waals surface area (Å²) < 4.78 is 32.7. The van der Waals surface area contributed by atoms with Crippen LogP contribution in [0.2, 0.25) is 0 Å². The number of carbonyl (C=O) groups excluding carboxylic acids is 1. The third-order valence-electron chi connectivity index (χ3n) is 5.33. The van der Waals surface area contributed by atoms with Crippen molar-refractivity contribution in [2.75, 3.05) is 18.0 Å². The molecule has 3 heterocycles. The Kier molecular flexibility index (Phi) is 4.82. The van der Waals surface area contributed by atoms with Crippen LogP contribution < -0.4 is 4.90 Å². The number of aromatic nitrogens is 2. The molecule has 0 radical (unpaired) electrons. The molecule has 148 valence electrons. The van der Waals surface area contributed by atoms with E-state index in [1.165, 1.54) is 17.1 Å². The van der Waals surface area contributed by atoms with Crippen LogP contribution in [0.15, 0.2) is 27.7 Å². The summed E-state index contributed by atoms with van der Waals surface area (Å²) in [5.74, 6) is -1.16. The first kappa shape index (κ1) is 18.5. The van der Waals surface area contributed by atoms with Gasteiger partial charge in [-0.3, -0.25) is 4.79 Å². The van der Waals surface area contributed by atoms with E-state index in [9.17, 15) is 13.6 Å². The van der Waals surface area contributed by atoms with Gasteiger partial charge < -0.3 is 9.32 Å². The number of aryl methyl sites for hydroxylation is 1. The maximum Gasteiger partial charge on any atom is 0.318 e. The summed E-state index contributed by atoms with van der Waals surface area (Å²) in [5, 5.41) is 13.5. The first-order valence-corrected chi connectivity index (χ1v) is 9.29. The highest BCUT2D eigenvalue weighted by molar-refractivity contribution is 5.82. The van der Waals surface area contributed by atoms with E-state index in [0.717, 1.165) is 6.07 Å². The number of nitrogens with zero attached hydrogens (tertiary/aromatic N) is 5. The lowest BCUT2D eigenvalue weighted by Crippen LogP contribution is -2.46. The summed E-state index contributed by atoms with van der Waals surface area (Å²) in [4.78, 5) is 15.1. The smallest absolute Gasteiger partial charge is 0.318 e. The Hall–Kier alpha value is -2.84. The largest absolute Gasteiger partial charge is 0.408 e. The maximum absolute atomic E-state index is 13.6. The molecule has 0 N–H and O–H groups in total. The van der Waals surface area contributed by atoms with E-state index < -0.39 is 17.7 Å². The van der Waals surface area contributed by atoms with Gasteiger partial charge in [-0.2, -0.15) is 5.10 Å². The number of amides is 1. The zero-order valence-corrected chi connectivity index (χ0v) is 15.7. The van der Waals surface area contributed by atoms with Gasteiger partial charge in [-0.25, -0.2) is 13.8 Å². The van der Waals surface area contributed by atoms with Gasteiger partial charge in [-0.1, -0.05) is 12.0 Å². The Morgan fingerprint density at radius 2 is 1.96 bits per heavy atom. The van der Waals surface area contributed by atoms with Crippen molar-refractivity contribution in [3.8, 4) is 0 Å². The van der Waals surface area contributed by atoms with Gasteiger partial charge in [-0.05, 0) is 30.0 Å². The van der Waals surface area contributed by atoms with Crippen molar-refractivity contribution in [3.63, 3.8) is 0 Å². The van der Waals surface area contributed by atoms with Crippen molar-refractivity contribution >= 4 is 18.1 Å². The molecular weight excluding hydrogens is 368 g/mol. The SMILES string of the molecule is Cc1nnc(N2CC[C@H](C(=O)N3N=CC[C@H]3c3cc(F)cc(F)c3)[C@H](C)C2)o1. The van der Waals surface area contributed by atoms with E-state index in [-0.39, 0.29) is 17.7 Å². The van der Waals surface area contributed by atoms with Crippen molar-refractivity contribution in [2.24, 2.45) is 16.9 Å². The van der Waals surface area contributed by atoms with Crippen LogP contribution in [0.3, 0.4) is 0 Å². The Bertz CT molecular complexity index is 895. The average Bonchev–Trinajstić information content (AvgIpc) is 3.29. The molecule has 7 nitrogen and oxygen atoms in total. The highest BCUT2D eigenvalue weighted by Gasteiger charge is 2.39. The summed E-state index contributed by atoms with van der Waals surface area (Å²) in [7, 11) is 0. The van der Waals surface area contributed by atoms with Crippen LogP contribution in [0.5, 0.6) is 0 Å². The van der Waals surface area contributed by atoms with Crippen molar-refractivity contribution < 1.29 is 18.0 Å². The Balaban J connectivity index is 1.48. The first-order valence-electron chi connectivity index (χ1n) is 9.29. The number of piperidine rings is 1. The van der Waals surface area contributed by atoms with Crippen LogP contribution in [-0.4, -0.2) is 40.4 Å². The van der Waals surface area contributed by atoms with Gasteiger partial charge in [0.15, 0.2) is 0 Å². The van der Waals surface area contributed by atoms with Crippen molar-refractivity contribution in [1.29, 1.82) is 0 Å². The second-order valence-corrected chi connectivity index (χ2v) is 7.36. The highest BCUT2D eigenvalue weighted by Crippen LogP contribution is 2.34. The summed E-state index contributed by atoms with van der Waals surface area (Å²) in [5.41, 5.74) is 0.412. The van der Waals surface area contributed by atoms with Gasteiger partial charge >= 0.3 is 6.01 Å². The van der Waals surface area contributed by atoms with Crippen molar-refractivity contribution in [1.82, 2.24) is 15.2 Å². The lowest BCUT2D eigenvalue weighted by atomic mass is 9.85. The van der Waals surface area contributed by atoms with E-state index >= 15 is 0 Å². The minimum absolute atomic E-state index is 0.0363. The molecule has 1 saturated heterocycles. The van der Waals surface area contributed by atoms with E-state index in [4.69, 9.17) is 4.42 Å². The number of benzene rings is 1. The number of anilines is 1. The second kappa shape index (κ2) is 7.29. The molecule has 0 aliphatic carbocycles. The van der Waals surface area contributed by atoms with E-state index in [2.05, 4.69) is 15.3 Å². The molecule has 2 aromatic rings. The number of rotatable bonds is 3. The van der Waals surface area contributed by atoms with Gasteiger partial charge in [0.1, 0.15) is 11.6 Å². The summed E-state index contributed by atoms with van der Waals surface area (Å²) in [6.45, 7) is 4.94. The molecule has 0 saturated carbocycles. The third-order valence-corrected chi connectivity index (χ3v) is 5.33. The Morgan fingerprint density at radius 1 is 1.21 bits per heavy atom. The second-order valence-electron chi connectivity index (χ2n) is 7.36. The average molecular weight is 389 g/mol. The zero-order valence-electron chi connectivity index (χ0n) is 15.7. The van der Waals surface area contributed by atoms with Gasteiger partial charge in [0, 0.05) is 44.6 Å². The van der Waals surface area contributed by atoms with Crippen LogP contribution in [0.1, 0.15) is 37.3 Å². The van der Waals surface area contributed by atoms with Crippen LogP contribution >= 0.6 is 0 Å². The molecule has 0 bridgehead atoms. The van der Waals surface area contributed by atoms with Crippen molar-refractivity contribution in [3.05, 3.63) is 41.3 Å². The molecule has 2 aliphatic rings. The molecule has 28 heavy (non-hydrogen) atoms. The van der Waals surface area contributed by atoms with Crippen LogP contribution in [0.25, 0.3) is 0 Å². The number of hydrogen-bond donors (Lipinski definition) is 0. The van der Waals surface area contributed by atoms with Crippen molar-refractivity contribution in [2.45, 2.75) is 32.7 Å². The fraction of sp³-hybridized carbons (Fsp3) is 0.474. The molecule has 1 amide bonds. The molecule has 2 aliphatic heterocycles. The first-order chi connectivity index (χ1) is 13.4. The molecule has 1 aromatic carbocycles. The van der Waals surface area contributed by atoms with Gasteiger partial charge in [0.2, 0.25) is 11.8 Å². The number of hydrazone groups is 1. The zero-order chi connectivity index (χ0) is 19.8. The minimum atomic E-state index is -0.661. The quantitative estimate of drug-likeness (QED) is 0.807. The van der Waals surface area contributed by atoms with Gasteiger partial charge in [-0.15, -0.1) is 5.10 Å². The number of carbonyl (C=O) groups is 1. The standard InChI is InChI=1S/C19H21F2N5O2/c1-11-10-25(19-24-23-12(2)28-19)6-4-16(11)18(27)26-17(3-5-22-26)13-7-14(20)9-15(21)8-13/h5,7-9,11,16-17H,3-4,6,10H2,1-2H3/t11-,16+,17+/m1/s1. The molecule has 1 fully saturated rings. The maximum atomic E-state index is 13.6. The molecule has 9 heteroatoms. The molecular formula is C19H21F2N5O2. The predicted molar refractivity (Wildman–Crippen MR) is 97.6 cm³/mol.